The van der Waals surface area contributed by atoms with E-state index in [1.54, 1.807) is 4.57 Å². The summed E-state index contributed by atoms with van der Waals surface area (Å²) >= 11 is 0. The molecule has 84 valence electrons. The van der Waals surface area contributed by atoms with Crippen molar-refractivity contribution in [2.45, 2.75) is 6.92 Å². The van der Waals surface area contributed by atoms with Crippen LogP contribution in [0.5, 0.6) is 0 Å². The van der Waals surface area contributed by atoms with Gasteiger partial charge in [-0.3, -0.25) is 4.79 Å². The lowest BCUT2D eigenvalue weighted by Crippen LogP contribution is -2.17. The van der Waals surface area contributed by atoms with E-state index in [0.29, 0.717) is 0 Å². The highest BCUT2D eigenvalue weighted by molar-refractivity contribution is 6.05. The normalized spacial score (nSPS) is 11.2. The van der Waals surface area contributed by atoms with Crippen LogP contribution in [0.15, 0.2) is 47.3 Å². The molecule has 0 bridgehead atoms. The second-order valence-electron chi connectivity index (χ2n) is 4.43. The number of aryl methyl sites for hydroxylation is 2. The zero-order valence-electron chi connectivity index (χ0n) is 9.90. The summed E-state index contributed by atoms with van der Waals surface area (Å²) in [7, 11) is 1.83. The number of fused-ring (bicyclic) bond motifs is 3. The topological polar surface area (TPSA) is 22.0 Å². The van der Waals surface area contributed by atoms with Crippen molar-refractivity contribution in [1.82, 2.24) is 4.57 Å². The first-order valence-corrected chi connectivity index (χ1v) is 5.66. The SMILES string of the molecule is Cc1ccc2c(c1)c(=O)n(C)c1ccccc21. The van der Waals surface area contributed by atoms with Gasteiger partial charge in [0.25, 0.3) is 5.56 Å². The fraction of sp³-hybridized carbons (Fsp3) is 0.133. The zero-order chi connectivity index (χ0) is 12.0. The Bertz CT molecular complexity index is 784. The van der Waals surface area contributed by atoms with Crippen molar-refractivity contribution >= 4 is 21.7 Å². The molecule has 3 aromatic rings. The Hall–Kier alpha value is -2.09. The summed E-state index contributed by atoms with van der Waals surface area (Å²) < 4.78 is 1.72. The molecule has 2 nitrogen and oxygen atoms in total. The summed E-state index contributed by atoms with van der Waals surface area (Å²) in [6.45, 7) is 2.01. The van der Waals surface area contributed by atoms with E-state index in [1.165, 1.54) is 0 Å². The lowest BCUT2D eigenvalue weighted by atomic mass is 10.0. The van der Waals surface area contributed by atoms with Crippen LogP contribution in [0, 0.1) is 6.92 Å². The number of hydrogen-bond donors (Lipinski definition) is 0. The van der Waals surface area contributed by atoms with Gasteiger partial charge in [0, 0.05) is 17.8 Å². The standard InChI is InChI=1S/C15H13NO/c1-10-7-8-11-12-5-3-4-6-14(12)16(2)15(17)13(11)9-10/h3-9H,1-2H3. The summed E-state index contributed by atoms with van der Waals surface area (Å²) in [5.41, 5.74) is 2.17. The van der Waals surface area contributed by atoms with Crippen molar-refractivity contribution in [1.29, 1.82) is 0 Å². The minimum absolute atomic E-state index is 0.0717. The molecule has 0 atom stereocenters. The second kappa shape index (κ2) is 3.45. The average Bonchev–Trinajstić information content (AvgIpc) is 2.36. The van der Waals surface area contributed by atoms with Gasteiger partial charge < -0.3 is 4.57 Å². The van der Waals surface area contributed by atoms with Crippen LogP contribution in [0.3, 0.4) is 0 Å². The summed E-state index contributed by atoms with van der Waals surface area (Å²) in [6.07, 6.45) is 0. The van der Waals surface area contributed by atoms with Gasteiger partial charge in [-0.05, 0) is 24.4 Å². The van der Waals surface area contributed by atoms with Gasteiger partial charge >= 0.3 is 0 Å². The van der Waals surface area contributed by atoms with Crippen molar-refractivity contribution in [2.75, 3.05) is 0 Å². The molecule has 17 heavy (non-hydrogen) atoms. The molecule has 0 aliphatic heterocycles. The largest absolute Gasteiger partial charge is 0.311 e. The van der Waals surface area contributed by atoms with E-state index in [1.807, 2.05) is 50.4 Å². The van der Waals surface area contributed by atoms with E-state index in [9.17, 15) is 4.79 Å². The number of aromatic nitrogens is 1. The Balaban J connectivity index is 2.70. The molecule has 0 aliphatic rings. The molecule has 0 aliphatic carbocycles. The Kier molecular flexibility index (Phi) is 2.05. The van der Waals surface area contributed by atoms with E-state index in [4.69, 9.17) is 0 Å². The molecule has 2 aromatic carbocycles. The maximum Gasteiger partial charge on any atom is 0.258 e. The third kappa shape index (κ3) is 1.37. The molecule has 1 heterocycles. The fourth-order valence-electron chi connectivity index (χ4n) is 2.35. The quantitative estimate of drug-likeness (QED) is 0.537. The van der Waals surface area contributed by atoms with Crippen molar-refractivity contribution in [3.63, 3.8) is 0 Å². The maximum absolute atomic E-state index is 12.3. The maximum atomic E-state index is 12.3. The number of para-hydroxylation sites is 1. The van der Waals surface area contributed by atoms with E-state index < -0.39 is 0 Å². The van der Waals surface area contributed by atoms with Crippen molar-refractivity contribution in [3.8, 4) is 0 Å². The fourth-order valence-corrected chi connectivity index (χ4v) is 2.35. The van der Waals surface area contributed by atoms with Crippen LogP contribution < -0.4 is 5.56 Å². The predicted octanol–water partition coefficient (Wildman–Crippen LogP) is 3.00. The van der Waals surface area contributed by atoms with Crippen LogP contribution in [0.2, 0.25) is 0 Å². The summed E-state index contributed by atoms with van der Waals surface area (Å²) in [5.74, 6) is 0. The van der Waals surface area contributed by atoms with Gasteiger partial charge in [-0.1, -0.05) is 35.9 Å². The molecular formula is C15H13NO. The molecule has 0 fully saturated rings. The minimum Gasteiger partial charge on any atom is -0.311 e. The molecule has 0 amide bonds. The van der Waals surface area contributed by atoms with E-state index in [0.717, 1.165) is 27.2 Å². The van der Waals surface area contributed by atoms with Crippen LogP contribution >= 0.6 is 0 Å². The molecule has 0 radical (unpaired) electrons. The monoisotopic (exact) mass is 223 g/mol. The van der Waals surface area contributed by atoms with Gasteiger partial charge in [0.15, 0.2) is 0 Å². The van der Waals surface area contributed by atoms with Crippen LogP contribution in [-0.4, -0.2) is 4.57 Å². The lowest BCUT2D eigenvalue weighted by Gasteiger charge is -2.09. The van der Waals surface area contributed by atoms with Crippen molar-refractivity contribution in [3.05, 3.63) is 58.4 Å². The smallest absolute Gasteiger partial charge is 0.258 e. The second-order valence-corrected chi connectivity index (χ2v) is 4.43. The molecule has 0 saturated heterocycles. The Morgan fingerprint density at radius 1 is 0.941 bits per heavy atom. The van der Waals surface area contributed by atoms with Gasteiger partial charge in [-0.15, -0.1) is 0 Å². The van der Waals surface area contributed by atoms with Crippen LogP contribution in [-0.2, 0) is 7.05 Å². The van der Waals surface area contributed by atoms with Gasteiger partial charge in [-0.25, -0.2) is 0 Å². The highest BCUT2D eigenvalue weighted by atomic mass is 16.1. The highest BCUT2D eigenvalue weighted by Gasteiger charge is 2.07. The number of hydrogen-bond acceptors (Lipinski definition) is 1. The Morgan fingerprint density at radius 3 is 2.53 bits per heavy atom. The van der Waals surface area contributed by atoms with Crippen LogP contribution in [0.25, 0.3) is 21.7 Å². The number of benzene rings is 2. The van der Waals surface area contributed by atoms with E-state index >= 15 is 0 Å². The third-order valence-corrected chi connectivity index (χ3v) is 3.27. The predicted molar refractivity (Wildman–Crippen MR) is 71.4 cm³/mol. The molecule has 3 rings (SSSR count). The lowest BCUT2D eigenvalue weighted by molar-refractivity contribution is 0.918. The Morgan fingerprint density at radius 2 is 1.71 bits per heavy atom. The Labute approximate surface area is 99.1 Å². The molecular weight excluding hydrogens is 210 g/mol. The summed E-state index contributed by atoms with van der Waals surface area (Å²) in [4.78, 5) is 12.3. The van der Waals surface area contributed by atoms with Crippen LogP contribution in [0.1, 0.15) is 5.56 Å². The van der Waals surface area contributed by atoms with Gasteiger partial charge in [0.2, 0.25) is 0 Å². The molecule has 0 unspecified atom stereocenters. The van der Waals surface area contributed by atoms with Gasteiger partial charge in [0.05, 0.1) is 5.52 Å². The number of nitrogens with zero attached hydrogens (tertiary/aromatic N) is 1. The first kappa shape index (κ1) is 10.1. The van der Waals surface area contributed by atoms with E-state index in [2.05, 4.69) is 6.07 Å². The van der Waals surface area contributed by atoms with Gasteiger partial charge in [-0.2, -0.15) is 0 Å². The third-order valence-electron chi connectivity index (χ3n) is 3.27. The molecule has 2 heteroatoms. The first-order chi connectivity index (χ1) is 8.18. The van der Waals surface area contributed by atoms with Crippen molar-refractivity contribution < 1.29 is 0 Å². The summed E-state index contributed by atoms with van der Waals surface area (Å²) in [6, 6.07) is 14.1. The highest BCUT2D eigenvalue weighted by Crippen LogP contribution is 2.22. The van der Waals surface area contributed by atoms with Gasteiger partial charge in [0.1, 0.15) is 0 Å². The number of rotatable bonds is 0. The molecule has 0 saturated carbocycles. The minimum atomic E-state index is 0.0717. The average molecular weight is 223 g/mol. The van der Waals surface area contributed by atoms with Crippen molar-refractivity contribution in [2.24, 2.45) is 7.05 Å². The molecule has 0 spiro atoms. The first-order valence-electron chi connectivity index (χ1n) is 5.66. The summed E-state index contributed by atoms with van der Waals surface area (Å²) in [5, 5.41) is 2.96. The zero-order valence-corrected chi connectivity index (χ0v) is 9.90. The number of pyridine rings is 1. The van der Waals surface area contributed by atoms with Crippen LogP contribution in [0.4, 0.5) is 0 Å². The molecule has 0 N–H and O–H groups in total. The molecule has 1 aromatic heterocycles. The van der Waals surface area contributed by atoms with E-state index in [-0.39, 0.29) is 5.56 Å².